The SMILES string of the molecule is O=C1OCCOCCOCCOCCOCCOCCOC(=O)C23CC4CC(CC1(C4)C2)C3. The van der Waals surface area contributed by atoms with Gasteiger partial charge in [-0.2, -0.15) is 0 Å². The van der Waals surface area contributed by atoms with Gasteiger partial charge in [0.2, 0.25) is 0 Å². The maximum absolute atomic E-state index is 13.1. The lowest BCUT2D eigenvalue weighted by Crippen LogP contribution is -2.58. The predicted molar refractivity (Wildman–Crippen MR) is 116 cm³/mol. The Hall–Kier alpha value is -1.26. The molecule has 0 aromatic heterocycles. The molecular weight excluding hydrogens is 432 g/mol. The van der Waals surface area contributed by atoms with Crippen molar-refractivity contribution < 1.29 is 42.7 Å². The van der Waals surface area contributed by atoms with Crippen molar-refractivity contribution in [3.8, 4) is 0 Å². The lowest BCUT2D eigenvalue weighted by atomic mass is 9.44. The third-order valence-corrected chi connectivity index (χ3v) is 7.34. The molecule has 5 fully saturated rings. The first-order chi connectivity index (χ1) is 16.1. The second-order valence-electron chi connectivity index (χ2n) is 9.86. The quantitative estimate of drug-likeness (QED) is 0.490. The minimum atomic E-state index is -0.562. The zero-order chi connectivity index (χ0) is 23.0. The van der Waals surface area contributed by atoms with Crippen LogP contribution in [0, 0.1) is 22.7 Å². The Bertz CT molecular complexity index is 588. The number of ether oxygens (including phenoxy) is 7. The molecule has 0 radical (unpaired) electrons. The molecule has 9 heteroatoms. The molecule has 9 nitrogen and oxygen atoms in total. The van der Waals surface area contributed by atoms with E-state index < -0.39 is 10.8 Å². The van der Waals surface area contributed by atoms with Gasteiger partial charge in [-0.3, -0.25) is 9.59 Å². The number of carbonyl (C=O) groups excluding carboxylic acids is 2. The van der Waals surface area contributed by atoms with Crippen molar-refractivity contribution in [2.45, 2.75) is 38.5 Å². The monoisotopic (exact) mass is 470 g/mol. The molecular formula is C24H38O9. The molecule has 188 valence electrons. The maximum Gasteiger partial charge on any atom is 0.312 e. The third-order valence-electron chi connectivity index (χ3n) is 7.34. The molecule has 2 spiro atoms. The standard InChI is InChI=1S/C24H38O9/c25-21-23-14-19-13-20(15-23)17-24(16-19,18-23)22(26)33-12-10-31-8-6-29-4-2-27-1-3-28-5-7-30-9-11-32-21/h19-20H,1-18H2. The second-order valence-corrected chi connectivity index (χ2v) is 9.86. The van der Waals surface area contributed by atoms with Crippen LogP contribution in [0.4, 0.5) is 0 Å². The van der Waals surface area contributed by atoms with Crippen LogP contribution in [-0.4, -0.2) is 91.2 Å². The van der Waals surface area contributed by atoms with Gasteiger partial charge in [0.05, 0.1) is 76.9 Å². The molecule has 1 heterocycles. The lowest BCUT2D eigenvalue weighted by Gasteiger charge is -2.59. The van der Waals surface area contributed by atoms with Crippen LogP contribution < -0.4 is 0 Å². The fourth-order valence-corrected chi connectivity index (χ4v) is 6.41. The molecule has 0 N–H and O–H groups in total. The molecule has 0 aromatic carbocycles. The van der Waals surface area contributed by atoms with Crippen LogP contribution in [0.3, 0.4) is 0 Å². The normalized spacial score (nSPS) is 38.2. The maximum atomic E-state index is 13.1. The van der Waals surface area contributed by atoms with Crippen molar-refractivity contribution >= 4 is 11.9 Å². The van der Waals surface area contributed by atoms with Gasteiger partial charge >= 0.3 is 11.9 Å². The van der Waals surface area contributed by atoms with Crippen molar-refractivity contribution in [3.05, 3.63) is 0 Å². The number of hydrogen-bond acceptors (Lipinski definition) is 9. The molecule has 4 bridgehead atoms. The highest BCUT2D eigenvalue weighted by molar-refractivity contribution is 5.83. The smallest absolute Gasteiger partial charge is 0.312 e. The van der Waals surface area contributed by atoms with E-state index in [2.05, 4.69) is 0 Å². The van der Waals surface area contributed by atoms with Crippen LogP contribution in [0.1, 0.15) is 38.5 Å². The van der Waals surface area contributed by atoms with E-state index >= 15 is 0 Å². The average molecular weight is 471 g/mol. The van der Waals surface area contributed by atoms with E-state index in [-0.39, 0.29) is 25.2 Å². The molecule has 0 unspecified atom stereocenters. The van der Waals surface area contributed by atoms with Crippen LogP contribution in [0.2, 0.25) is 0 Å². The summed E-state index contributed by atoms with van der Waals surface area (Å²) in [4.78, 5) is 26.3. The van der Waals surface area contributed by atoms with Gasteiger partial charge in [-0.05, 0) is 50.4 Å². The number of cyclic esters (lactones) is 2. The topological polar surface area (TPSA) is 98.8 Å². The molecule has 4 aliphatic carbocycles. The Morgan fingerprint density at radius 1 is 0.485 bits per heavy atom. The van der Waals surface area contributed by atoms with Gasteiger partial charge < -0.3 is 33.2 Å². The molecule has 0 aromatic rings. The van der Waals surface area contributed by atoms with Crippen molar-refractivity contribution in [1.82, 2.24) is 0 Å². The summed E-state index contributed by atoms with van der Waals surface area (Å²) < 4.78 is 38.7. The second kappa shape index (κ2) is 11.9. The average Bonchev–Trinajstić information content (AvgIpc) is 2.78. The zero-order valence-electron chi connectivity index (χ0n) is 19.6. The van der Waals surface area contributed by atoms with E-state index in [4.69, 9.17) is 33.2 Å². The van der Waals surface area contributed by atoms with Crippen molar-refractivity contribution in [3.63, 3.8) is 0 Å². The van der Waals surface area contributed by atoms with Crippen molar-refractivity contribution in [1.29, 1.82) is 0 Å². The van der Waals surface area contributed by atoms with Gasteiger partial charge in [-0.25, -0.2) is 0 Å². The summed E-state index contributed by atoms with van der Waals surface area (Å²) in [5.41, 5.74) is -1.12. The summed E-state index contributed by atoms with van der Waals surface area (Å²) in [7, 11) is 0. The Labute approximate surface area is 195 Å². The van der Waals surface area contributed by atoms with Gasteiger partial charge in [-0.1, -0.05) is 0 Å². The van der Waals surface area contributed by atoms with E-state index in [0.29, 0.717) is 84.3 Å². The van der Waals surface area contributed by atoms with Gasteiger partial charge in [0.15, 0.2) is 0 Å². The van der Waals surface area contributed by atoms with Gasteiger partial charge in [0, 0.05) is 0 Å². The lowest BCUT2D eigenvalue weighted by molar-refractivity contribution is -0.195. The Morgan fingerprint density at radius 2 is 0.788 bits per heavy atom. The summed E-state index contributed by atoms with van der Waals surface area (Å²) in [6.45, 7) is 4.87. The molecule has 0 amide bonds. The molecule has 4 saturated carbocycles. The Kier molecular flexibility index (Phi) is 8.98. The van der Waals surface area contributed by atoms with Crippen LogP contribution in [0.25, 0.3) is 0 Å². The summed E-state index contributed by atoms with van der Waals surface area (Å²) in [5.74, 6) is 0.415. The Balaban J connectivity index is 1.32. The zero-order valence-corrected chi connectivity index (χ0v) is 19.6. The van der Waals surface area contributed by atoms with E-state index in [1.165, 1.54) is 0 Å². The van der Waals surface area contributed by atoms with Crippen LogP contribution in [-0.2, 0) is 42.7 Å². The minimum absolute atomic E-state index is 0.177. The number of carbonyl (C=O) groups is 2. The van der Waals surface area contributed by atoms with Crippen LogP contribution in [0.5, 0.6) is 0 Å². The summed E-state index contributed by atoms with van der Waals surface area (Å²) in [6, 6.07) is 0. The fourth-order valence-electron chi connectivity index (χ4n) is 6.41. The summed E-state index contributed by atoms with van der Waals surface area (Å²) in [5, 5.41) is 0. The minimum Gasteiger partial charge on any atom is -0.463 e. The van der Waals surface area contributed by atoms with E-state index in [1.54, 1.807) is 0 Å². The number of esters is 2. The van der Waals surface area contributed by atoms with Crippen LogP contribution >= 0.6 is 0 Å². The highest BCUT2D eigenvalue weighted by Gasteiger charge is 2.64. The highest BCUT2D eigenvalue weighted by atomic mass is 16.6. The molecule has 1 aliphatic heterocycles. The first-order valence-electron chi connectivity index (χ1n) is 12.4. The number of rotatable bonds is 0. The van der Waals surface area contributed by atoms with E-state index in [1.807, 2.05) is 0 Å². The predicted octanol–water partition coefficient (Wildman–Crippen LogP) is 1.76. The first kappa shape index (κ1) is 24.9. The molecule has 0 atom stereocenters. The van der Waals surface area contributed by atoms with Gasteiger partial charge in [0.1, 0.15) is 13.2 Å². The van der Waals surface area contributed by atoms with Crippen LogP contribution in [0.15, 0.2) is 0 Å². The highest BCUT2D eigenvalue weighted by Crippen LogP contribution is 2.65. The van der Waals surface area contributed by atoms with Crippen molar-refractivity contribution in [2.24, 2.45) is 22.7 Å². The number of hydrogen-bond donors (Lipinski definition) is 0. The largest absolute Gasteiger partial charge is 0.463 e. The summed E-state index contributed by atoms with van der Waals surface area (Å²) in [6.07, 6.45) is 4.90. The van der Waals surface area contributed by atoms with E-state index in [9.17, 15) is 9.59 Å². The fraction of sp³-hybridized carbons (Fsp3) is 0.917. The van der Waals surface area contributed by atoms with Crippen molar-refractivity contribution in [2.75, 3.05) is 79.3 Å². The first-order valence-corrected chi connectivity index (χ1v) is 12.4. The summed E-state index contributed by atoms with van der Waals surface area (Å²) >= 11 is 0. The Morgan fingerprint density at radius 3 is 1.12 bits per heavy atom. The molecule has 5 rings (SSSR count). The van der Waals surface area contributed by atoms with Gasteiger partial charge in [-0.15, -0.1) is 0 Å². The van der Waals surface area contributed by atoms with Gasteiger partial charge in [0.25, 0.3) is 0 Å². The molecule has 5 aliphatic rings. The molecule has 33 heavy (non-hydrogen) atoms. The molecule has 1 saturated heterocycles. The van der Waals surface area contributed by atoms with E-state index in [0.717, 1.165) is 32.1 Å². The third kappa shape index (κ3) is 6.45.